The first-order chi connectivity index (χ1) is 14.7. The van der Waals surface area contributed by atoms with Crippen LogP contribution in [0.3, 0.4) is 0 Å². The number of thioether (sulfide) groups is 1. The van der Waals surface area contributed by atoms with Crippen LogP contribution in [0.25, 0.3) is 11.3 Å². The van der Waals surface area contributed by atoms with Crippen molar-refractivity contribution < 1.29 is 19.0 Å². The second kappa shape index (κ2) is 9.00. The molecule has 1 N–H and O–H groups in total. The van der Waals surface area contributed by atoms with E-state index in [1.54, 1.807) is 13.0 Å². The number of hydrogen-bond acceptors (Lipinski definition) is 9. The standard InChI is InChI=1S/C21H20N4O4S/c1-3-27-17(26)12-28-16-11-7-5-9-14(16)19-22-15-10-6-4-8-13(15)18-20(29-19)23-21(30-2)25-24-18/h4-11,19,22H,3,12H2,1-2H3. The van der Waals surface area contributed by atoms with Crippen molar-refractivity contribution in [2.75, 3.05) is 24.8 Å². The Hall–Kier alpha value is -3.33. The topological polar surface area (TPSA) is 95.5 Å². The molecule has 3 aromatic rings. The van der Waals surface area contributed by atoms with Gasteiger partial charge in [0.25, 0.3) is 0 Å². The van der Waals surface area contributed by atoms with E-state index in [0.29, 0.717) is 34.7 Å². The highest BCUT2D eigenvalue weighted by Gasteiger charge is 2.27. The number of hydrogen-bond donors (Lipinski definition) is 1. The molecule has 154 valence electrons. The fourth-order valence-electron chi connectivity index (χ4n) is 3.04. The van der Waals surface area contributed by atoms with Crippen LogP contribution in [0, 0.1) is 0 Å². The maximum atomic E-state index is 11.7. The number of nitrogens with one attached hydrogen (secondary N) is 1. The SMILES string of the molecule is CCOC(=O)COc1ccccc1C1Nc2ccccc2-c2nnc(SC)nc2O1. The van der Waals surface area contributed by atoms with E-state index >= 15 is 0 Å². The second-order valence-electron chi connectivity index (χ2n) is 6.27. The summed E-state index contributed by atoms with van der Waals surface area (Å²) in [7, 11) is 0. The second-order valence-corrected chi connectivity index (χ2v) is 7.04. The van der Waals surface area contributed by atoms with Gasteiger partial charge < -0.3 is 19.5 Å². The molecular weight excluding hydrogens is 404 g/mol. The average molecular weight is 424 g/mol. The van der Waals surface area contributed by atoms with Crippen molar-refractivity contribution in [3.8, 4) is 22.9 Å². The molecule has 0 fully saturated rings. The Bertz CT molecular complexity index is 1060. The molecule has 0 spiro atoms. The molecule has 0 saturated carbocycles. The van der Waals surface area contributed by atoms with E-state index in [9.17, 15) is 4.79 Å². The van der Waals surface area contributed by atoms with Gasteiger partial charge in [0.05, 0.1) is 12.2 Å². The molecule has 2 aromatic carbocycles. The smallest absolute Gasteiger partial charge is 0.344 e. The van der Waals surface area contributed by atoms with E-state index in [0.717, 1.165) is 11.3 Å². The first-order valence-electron chi connectivity index (χ1n) is 9.38. The quantitative estimate of drug-likeness (QED) is 0.469. The minimum Gasteiger partial charge on any atom is -0.481 e. The molecule has 9 heteroatoms. The van der Waals surface area contributed by atoms with Gasteiger partial charge in [0, 0.05) is 11.3 Å². The monoisotopic (exact) mass is 424 g/mol. The highest BCUT2D eigenvalue weighted by Crippen LogP contribution is 2.40. The van der Waals surface area contributed by atoms with Crippen molar-refractivity contribution in [3.05, 3.63) is 54.1 Å². The number of ether oxygens (including phenoxy) is 3. The van der Waals surface area contributed by atoms with Gasteiger partial charge in [-0.05, 0) is 31.4 Å². The molecular formula is C21H20N4O4S. The maximum Gasteiger partial charge on any atom is 0.344 e. The summed E-state index contributed by atoms with van der Waals surface area (Å²) >= 11 is 1.38. The normalized spacial score (nSPS) is 14.4. The molecule has 1 aliphatic heterocycles. The first kappa shape index (κ1) is 20.0. The maximum absolute atomic E-state index is 11.7. The zero-order valence-corrected chi connectivity index (χ0v) is 17.3. The van der Waals surface area contributed by atoms with Crippen LogP contribution < -0.4 is 14.8 Å². The highest BCUT2D eigenvalue weighted by atomic mass is 32.2. The number of para-hydroxylation sites is 2. The number of anilines is 1. The fourth-order valence-corrected chi connectivity index (χ4v) is 3.34. The highest BCUT2D eigenvalue weighted by molar-refractivity contribution is 7.98. The molecule has 30 heavy (non-hydrogen) atoms. The molecule has 2 heterocycles. The Morgan fingerprint density at radius 3 is 2.80 bits per heavy atom. The molecule has 0 amide bonds. The van der Waals surface area contributed by atoms with Crippen molar-refractivity contribution in [1.29, 1.82) is 0 Å². The van der Waals surface area contributed by atoms with Crippen molar-refractivity contribution in [2.45, 2.75) is 18.3 Å². The van der Waals surface area contributed by atoms with E-state index in [1.807, 2.05) is 48.7 Å². The molecule has 0 radical (unpaired) electrons. The molecule has 1 atom stereocenters. The van der Waals surface area contributed by atoms with Crippen LogP contribution in [0.2, 0.25) is 0 Å². The van der Waals surface area contributed by atoms with Gasteiger partial charge in [0.2, 0.25) is 17.3 Å². The van der Waals surface area contributed by atoms with Crippen LogP contribution in [0.4, 0.5) is 5.69 Å². The third-order valence-electron chi connectivity index (χ3n) is 4.37. The third-order valence-corrected chi connectivity index (χ3v) is 4.91. The molecule has 8 nitrogen and oxygen atoms in total. The number of nitrogens with zero attached hydrogens (tertiary/aromatic N) is 3. The van der Waals surface area contributed by atoms with Crippen molar-refractivity contribution >= 4 is 23.4 Å². The summed E-state index contributed by atoms with van der Waals surface area (Å²) in [6.45, 7) is 1.86. The lowest BCUT2D eigenvalue weighted by atomic mass is 10.1. The Kier molecular flexibility index (Phi) is 5.99. The van der Waals surface area contributed by atoms with Gasteiger partial charge in [0.1, 0.15) is 5.75 Å². The zero-order chi connectivity index (χ0) is 20.9. The van der Waals surface area contributed by atoms with Crippen LogP contribution in [0.15, 0.2) is 53.7 Å². The van der Waals surface area contributed by atoms with E-state index < -0.39 is 12.2 Å². The number of carbonyl (C=O) groups excluding carboxylic acids is 1. The molecule has 1 aliphatic rings. The lowest BCUT2D eigenvalue weighted by molar-refractivity contribution is -0.145. The van der Waals surface area contributed by atoms with Crippen LogP contribution in [0.1, 0.15) is 18.7 Å². The van der Waals surface area contributed by atoms with E-state index in [-0.39, 0.29) is 6.61 Å². The van der Waals surface area contributed by atoms with Gasteiger partial charge in [-0.2, -0.15) is 4.98 Å². The summed E-state index contributed by atoms with van der Waals surface area (Å²) in [5, 5.41) is 12.4. The van der Waals surface area contributed by atoms with Crippen LogP contribution in [0.5, 0.6) is 11.6 Å². The predicted molar refractivity (Wildman–Crippen MR) is 113 cm³/mol. The minimum atomic E-state index is -0.614. The van der Waals surface area contributed by atoms with E-state index in [1.165, 1.54) is 11.8 Å². The summed E-state index contributed by atoms with van der Waals surface area (Å²) in [6, 6.07) is 15.1. The number of esters is 1. The number of aromatic nitrogens is 3. The number of carbonyl (C=O) groups is 1. The Labute approximate surface area is 178 Å². The number of benzene rings is 2. The fraction of sp³-hybridized carbons (Fsp3) is 0.238. The largest absolute Gasteiger partial charge is 0.481 e. The van der Waals surface area contributed by atoms with Gasteiger partial charge in [-0.15, -0.1) is 10.2 Å². The molecule has 0 saturated heterocycles. The van der Waals surface area contributed by atoms with E-state index in [4.69, 9.17) is 14.2 Å². The average Bonchev–Trinajstić information content (AvgIpc) is 2.94. The zero-order valence-electron chi connectivity index (χ0n) is 16.5. The van der Waals surface area contributed by atoms with Gasteiger partial charge in [-0.25, -0.2) is 4.79 Å². The molecule has 4 rings (SSSR count). The van der Waals surface area contributed by atoms with Gasteiger partial charge >= 0.3 is 5.97 Å². The summed E-state index contributed by atoms with van der Waals surface area (Å²) in [5.41, 5.74) is 2.94. The lowest BCUT2D eigenvalue weighted by Crippen LogP contribution is -2.20. The number of rotatable bonds is 6. The van der Waals surface area contributed by atoms with Crippen molar-refractivity contribution in [3.63, 3.8) is 0 Å². The molecule has 1 aromatic heterocycles. The van der Waals surface area contributed by atoms with Crippen LogP contribution in [-0.2, 0) is 9.53 Å². The summed E-state index contributed by atoms with van der Waals surface area (Å²) < 4.78 is 16.9. The van der Waals surface area contributed by atoms with Crippen LogP contribution >= 0.6 is 11.8 Å². The van der Waals surface area contributed by atoms with Gasteiger partial charge in [-0.3, -0.25) is 0 Å². The summed E-state index contributed by atoms with van der Waals surface area (Å²) in [4.78, 5) is 16.2. The third kappa shape index (κ3) is 4.16. The van der Waals surface area contributed by atoms with Gasteiger partial charge in [0.15, 0.2) is 12.3 Å². The Morgan fingerprint density at radius 2 is 1.97 bits per heavy atom. The Balaban J connectivity index is 1.71. The predicted octanol–water partition coefficient (Wildman–Crippen LogP) is 3.71. The minimum absolute atomic E-state index is 0.189. The van der Waals surface area contributed by atoms with Crippen LogP contribution in [-0.4, -0.2) is 40.6 Å². The number of fused-ring (bicyclic) bond motifs is 3. The van der Waals surface area contributed by atoms with Gasteiger partial charge in [-0.1, -0.05) is 42.1 Å². The Morgan fingerprint density at radius 1 is 1.17 bits per heavy atom. The molecule has 0 aliphatic carbocycles. The summed E-state index contributed by atoms with van der Waals surface area (Å²) in [5.74, 6) is 0.451. The van der Waals surface area contributed by atoms with Crippen molar-refractivity contribution in [1.82, 2.24) is 15.2 Å². The molecule has 0 bridgehead atoms. The molecule has 1 unspecified atom stereocenters. The van der Waals surface area contributed by atoms with Crippen molar-refractivity contribution in [2.24, 2.45) is 0 Å². The first-order valence-corrected chi connectivity index (χ1v) is 10.6. The van der Waals surface area contributed by atoms with E-state index in [2.05, 4.69) is 20.5 Å². The summed E-state index contributed by atoms with van der Waals surface area (Å²) in [6.07, 6.45) is 1.26. The lowest BCUT2D eigenvalue weighted by Gasteiger charge is -2.21.